The summed E-state index contributed by atoms with van der Waals surface area (Å²) < 4.78 is 2.40. The number of hydrogen-bond acceptors (Lipinski definition) is 4. The number of nitrogens with two attached hydrogens (primary N) is 1. The normalized spacial score (nSPS) is 11.0. The van der Waals surface area contributed by atoms with Gasteiger partial charge in [0.05, 0.1) is 0 Å². The summed E-state index contributed by atoms with van der Waals surface area (Å²) in [4.78, 5) is 12.6. The van der Waals surface area contributed by atoms with Gasteiger partial charge in [-0.15, -0.1) is 5.10 Å². The van der Waals surface area contributed by atoms with E-state index in [9.17, 15) is 4.79 Å². The lowest BCUT2D eigenvalue weighted by molar-refractivity contribution is 0.534. The van der Waals surface area contributed by atoms with Gasteiger partial charge in [-0.25, -0.2) is 9.89 Å². The zero-order chi connectivity index (χ0) is 14.9. The Hall–Kier alpha value is -1.54. The number of halogens is 1. The van der Waals surface area contributed by atoms with Crippen molar-refractivity contribution in [3.63, 3.8) is 0 Å². The lowest BCUT2D eigenvalue weighted by Crippen LogP contribution is -2.19. The Bertz CT molecular complexity index is 706. The van der Waals surface area contributed by atoms with E-state index in [0.717, 1.165) is 9.37 Å². The van der Waals surface area contributed by atoms with Gasteiger partial charge in [-0.1, -0.05) is 6.07 Å². The van der Waals surface area contributed by atoms with Crippen molar-refractivity contribution in [1.29, 1.82) is 5.41 Å². The van der Waals surface area contributed by atoms with Crippen LogP contribution in [0.5, 0.6) is 0 Å². The standard InChI is InChI=1S/C12H14BrN5OS/c1-6(2)18-11(19)16-17-12(18)20-9-4-3-7(10(14)15)5-8(9)13/h3-6H,1-2H3,(H3,14,15)(H,16,19). The van der Waals surface area contributed by atoms with Crippen LogP contribution in [0.1, 0.15) is 25.5 Å². The molecule has 1 aromatic heterocycles. The molecule has 0 bridgehead atoms. The van der Waals surface area contributed by atoms with Crippen molar-refractivity contribution in [3.8, 4) is 0 Å². The Morgan fingerprint density at radius 2 is 2.25 bits per heavy atom. The van der Waals surface area contributed by atoms with Crippen molar-refractivity contribution < 1.29 is 0 Å². The number of benzene rings is 1. The fourth-order valence-corrected chi connectivity index (χ4v) is 3.26. The second-order valence-electron chi connectivity index (χ2n) is 4.44. The number of nitrogens with one attached hydrogen (secondary N) is 2. The highest BCUT2D eigenvalue weighted by atomic mass is 79.9. The monoisotopic (exact) mass is 355 g/mol. The minimum atomic E-state index is -0.223. The number of amidine groups is 1. The van der Waals surface area contributed by atoms with Crippen LogP contribution >= 0.6 is 27.7 Å². The minimum Gasteiger partial charge on any atom is -0.384 e. The second kappa shape index (κ2) is 5.84. The number of nitrogens with zero attached hydrogens (tertiary/aromatic N) is 2. The van der Waals surface area contributed by atoms with Gasteiger partial charge in [-0.2, -0.15) is 0 Å². The lowest BCUT2D eigenvalue weighted by Gasteiger charge is -2.10. The summed E-state index contributed by atoms with van der Waals surface area (Å²) in [5, 5.41) is 14.5. The number of rotatable bonds is 4. The van der Waals surface area contributed by atoms with Gasteiger partial charge in [0.15, 0.2) is 5.16 Å². The first-order valence-corrected chi connectivity index (χ1v) is 7.49. The molecule has 0 unspecified atom stereocenters. The maximum absolute atomic E-state index is 11.7. The summed E-state index contributed by atoms with van der Waals surface area (Å²) in [6, 6.07) is 5.41. The van der Waals surface area contributed by atoms with Crippen LogP contribution in [-0.4, -0.2) is 20.6 Å². The first kappa shape index (κ1) is 14.9. The van der Waals surface area contributed by atoms with Crippen molar-refractivity contribution in [2.45, 2.75) is 29.9 Å². The molecule has 2 aromatic rings. The molecule has 0 aliphatic carbocycles. The Labute approximate surface area is 128 Å². The van der Waals surface area contributed by atoms with Crippen LogP contribution < -0.4 is 11.4 Å². The van der Waals surface area contributed by atoms with Crippen LogP contribution in [0.25, 0.3) is 0 Å². The summed E-state index contributed by atoms with van der Waals surface area (Å²) >= 11 is 4.82. The molecule has 8 heteroatoms. The van der Waals surface area contributed by atoms with Gasteiger partial charge in [-0.05, 0) is 53.7 Å². The molecule has 0 radical (unpaired) electrons. The highest BCUT2D eigenvalue weighted by molar-refractivity contribution is 9.10. The number of aromatic nitrogens is 3. The van der Waals surface area contributed by atoms with Gasteiger partial charge >= 0.3 is 5.69 Å². The molecule has 0 saturated heterocycles. The van der Waals surface area contributed by atoms with Crippen LogP contribution in [0.2, 0.25) is 0 Å². The van der Waals surface area contributed by atoms with E-state index in [1.54, 1.807) is 16.7 Å². The Morgan fingerprint density at radius 1 is 1.55 bits per heavy atom. The molecular weight excluding hydrogens is 342 g/mol. The topological polar surface area (TPSA) is 101 Å². The molecule has 1 heterocycles. The maximum atomic E-state index is 11.7. The lowest BCUT2D eigenvalue weighted by atomic mass is 10.2. The van der Waals surface area contributed by atoms with Crippen LogP contribution in [-0.2, 0) is 0 Å². The summed E-state index contributed by atoms with van der Waals surface area (Å²) in [7, 11) is 0. The van der Waals surface area contributed by atoms with Crippen molar-refractivity contribution in [3.05, 3.63) is 38.7 Å². The van der Waals surface area contributed by atoms with Crippen molar-refractivity contribution in [1.82, 2.24) is 14.8 Å². The van der Waals surface area contributed by atoms with Crippen LogP contribution in [0.3, 0.4) is 0 Å². The van der Waals surface area contributed by atoms with Crippen molar-refractivity contribution in [2.24, 2.45) is 5.73 Å². The quantitative estimate of drug-likeness (QED) is 0.578. The van der Waals surface area contributed by atoms with Gasteiger partial charge in [0, 0.05) is 21.0 Å². The van der Waals surface area contributed by atoms with E-state index in [2.05, 4.69) is 26.1 Å². The maximum Gasteiger partial charge on any atom is 0.344 e. The highest BCUT2D eigenvalue weighted by Crippen LogP contribution is 2.33. The van der Waals surface area contributed by atoms with Crippen LogP contribution in [0.15, 0.2) is 37.5 Å². The van der Waals surface area contributed by atoms with Gasteiger partial charge in [-0.3, -0.25) is 9.98 Å². The van der Waals surface area contributed by atoms with E-state index >= 15 is 0 Å². The number of hydrogen-bond donors (Lipinski definition) is 3. The number of aromatic amines is 1. The zero-order valence-corrected chi connectivity index (χ0v) is 13.4. The molecule has 1 aromatic carbocycles. The predicted molar refractivity (Wildman–Crippen MR) is 82.5 cm³/mol. The molecule has 0 aliphatic rings. The predicted octanol–water partition coefficient (Wildman–Crippen LogP) is 2.35. The fraction of sp³-hybridized carbons (Fsp3) is 0.250. The second-order valence-corrected chi connectivity index (χ2v) is 6.30. The molecular formula is C12H14BrN5OS. The molecule has 6 nitrogen and oxygen atoms in total. The summed E-state index contributed by atoms with van der Waals surface area (Å²) in [6.45, 7) is 3.85. The first-order chi connectivity index (χ1) is 9.40. The van der Waals surface area contributed by atoms with Crippen molar-refractivity contribution >= 4 is 33.5 Å². The van der Waals surface area contributed by atoms with Gasteiger partial charge in [0.1, 0.15) is 5.84 Å². The van der Waals surface area contributed by atoms with E-state index in [4.69, 9.17) is 11.1 Å². The third-order valence-electron chi connectivity index (χ3n) is 2.63. The Morgan fingerprint density at radius 3 is 2.80 bits per heavy atom. The third kappa shape index (κ3) is 2.96. The van der Waals surface area contributed by atoms with E-state index < -0.39 is 0 Å². The molecule has 20 heavy (non-hydrogen) atoms. The first-order valence-electron chi connectivity index (χ1n) is 5.89. The molecule has 4 N–H and O–H groups in total. The van der Waals surface area contributed by atoms with Crippen LogP contribution in [0, 0.1) is 5.41 Å². The van der Waals surface area contributed by atoms with Gasteiger partial charge < -0.3 is 5.73 Å². The smallest absolute Gasteiger partial charge is 0.344 e. The van der Waals surface area contributed by atoms with E-state index in [1.807, 2.05) is 19.9 Å². The van der Waals surface area contributed by atoms with E-state index in [-0.39, 0.29) is 17.6 Å². The molecule has 0 aliphatic heterocycles. The summed E-state index contributed by atoms with van der Waals surface area (Å²) in [5.41, 5.74) is 5.87. The van der Waals surface area contributed by atoms with E-state index in [0.29, 0.717) is 10.7 Å². The fourth-order valence-electron chi connectivity index (χ4n) is 1.67. The summed E-state index contributed by atoms with van der Waals surface area (Å²) in [5.74, 6) is 0.0149. The van der Waals surface area contributed by atoms with Gasteiger partial charge in [0.2, 0.25) is 0 Å². The highest BCUT2D eigenvalue weighted by Gasteiger charge is 2.14. The minimum absolute atomic E-state index is 0.0149. The van der Waals surface area contributed by atoms with Crippen LogP contribution in [0.4, 0.5) is 0 Å². The average Bonchev–Trinajstić information content (AvgIpc) is 2.72. The molecule has 0 atom stereocenters. The average molecular weight is 356 g/mol. The number of nitrogen functional groups attached to an aromatic ring is 1. The molecule has 2 rings (SSSR count). The number of H-pyrrole nitrogens is 1. The molecule has 0 spiro atoms. The van der Waals surface area contributed by atoms with Crippen molar-refractivity contribution in [2.75, 3.05) is 0 Å². The largest absolute Gasteiger partial charge is 0.384 e. The van der Waals surface area contributed by atoms with E-state index in [1.165, 1.54) is 11.8 Å². The molecule has 0 fully saturated rings. The third-order valence-corrected chi connectivity index (χ3v) is 4.60. The Kier molecular flexibility index (Phi) is 4.34. The Balaban J connectivity index is 2.36. The van der Waals surface area contributed by atoms with Gasteiger partial charge in [0.25, 0.3) is 0 Å². The zero-order valence-electron chi connectivity index (χ0n) is 11.0. The molecule has 106 valence electrons. The SMILES string of the molecule is CC(C)n1c(Sc2ccc(C(=N)N)cc2Br)n[nH]c1=O. The molecule has 0 saturated carbocycles. The summed E-state index contributed by atoms with van der Waals surface area (Å²) in [6.07, 6.45) is 0. The molecule has 0 amide bonds.